The summed E-state index contributed by atoms with van der Waals surface area (Å²) in [5.41, 5.74) is 0.863. The van der Waals surface area contributed by atoms with E-state index >= 15 is 0 Å². The number of benzene rings is 1. The van der Waals surface area contributed by atoms with Crippen LogP contribution in [0.5, 0.6) is 0 Å². The third kappa shape index (κ3) is 4.74. The Kier molecular flexibility index (Phi) is 6.91. The molecule has 2 aromatic rings. The molecule has 0 atom stereocenters. The Morgan fingerprint density at radius 2 is 1.86 bits per heavy atom. The predicted octanol–water partition coefficient (Wildman–Crippen LogP) is 4.69. The van der Waals surface area contributed by atoms with E-state index in [9.17, 15) is 13.2 Å². The average molecular weight is 444 g/mol. The summed E-state index contributed by atoms with van der Waals surface area (Å²) >= 11 is 7.49. The number of hydrogen-bond acceptors (Lipinski definition) is 5. The second kappa shape index (κ2) is 8.49. The van der Waals surface area contributed by atoms with Crippen molar-refractivity contribution in [1.82, 2.24) is 9.29 Å². The van der Waals surface area contributed by atoms with E-state index in [1.807, 2.05) is 20.8 Å². The van der Waals surface area contributed by atoms with Crippen LogP contribution >= 0.6 is 22.9 Å². The van der Waals surface area contributed by atoms with Gasteiger partial charge < -0.3 is 5.32 Å². The molecule has 0 aliphatic rings. The number of aromatic nitrogens is 1. The molecule has 0 bridgehead atoms. The molecule has 0 spiro atoms. The molecule has 0 saturated carbocycles. The molecule has 0 aliphatic carbocycles. The van der Waals surface area contributed by atoms with Crippen molar-refractivity contribution < 1.29 is 13.2 Å². The molecule has 0 aliphatic heterocycles. The number of rotatable bonds is 6. The molecular formula is C19H26ClN3O3S2. The molecule has 1 N–H and O–H groups in total. The van der Waals surface area contributed by atoms with E-state index in [1.54, 1.807) is 26.8 Å². The second-order valence-corrected chi connectivity index (χ2v) is 10.7. The smallest absolute Gasteiger partial charge is 0.267 e. The van der Waals surface area contributed by atoms with Gasteiger partial charge in [-0.3, -0.25) is 4.79 Å². The van der Waals surface area contributed by atoms with Gasteiger partial charge in [-0.1, -0.05) is 46.2 Å². The standard InChI is InChI=1S/C19H26ClN3O3S2/c1-7-23(8-2)28(25,26)15-11-13(9-10-14(15)20)22-17(24)16-12(3)21-18(27-16)19(4,5)6/h9-11H,7-8H2,1-6H3,(H,22,24). The molecule has 0 unspecified atom stereocenters. The maximum atomic E-state index is 12.8. The minimum absolute atomic E-state index is 0.0212. The molecule has 2 rings (SSSR count). The topological polar surface area (TPSA) is 79.4 Å². The summed E-state index contributed by atoms with van der Waals surface area (Å²) < 4.78 is 26.9. The maximum absolute atomic E-state index is 12.8. The van der Waals surface area contributed by atoms with Gasteiger partial charge in [0.05, 0.1) is 15.7 Å². The van der Waals surface area contributed by atoms with Crippen LogP contribution in [0.3, 0.4) is 0 Å². The van der Waals surface area contributed by atoms with E-state index < -0.39 is 10.0 Å². The Labute approximate surface area is 176 Å². The molecule has 0 radical (unpaired) electrons. The fourth-order valence-corrected chi connectivity index (χ4v) is 5.57. The number of nitrogens with zero attached hydrogens (tertiary/aromatic N) is 2. The molecule has 9 heteroatoms. The van der Waals surface area contributed by atoms with Crippen molar-refractivity contribution in [2.24, 2.45) is 0 Å². The molecule has 1 aromatic carbocycles. The van der Waals surface area contributed by atoms with Gasteiger partial charge in [-0.25, -0.2) is 13.4 Å². The first kappa shape index (κ1) is 22.8. The number of halogens is 1. The highest BCUT2D eigenvalue weighted by Crippen LogP contribution is 2.31. The Bertz CT molecular complexity index is 975. The Balaban J connectivity index is 2.36. The second-order valence-electron chi connectivity index (χ2n) is 7.37. The summed E-state index contributed by atoms with van der Waals surface area (Å²) in [6.07, 6.45) is 0. The van der Waals surface area contributed by atoms with Crippen molar-refractivity contribution in [1.29, 1.82) is 0 Å². The van der Waals surface area contributed by atoms with E-state index in [0.717, 1.165) is 5.01 Å². The Morgan fingerprint density at radius 3 is 2.36 bits per heavy atom. The van der Waals surface area contributed by atoms with Crippen LogP contribution in [0.4, 0.5) is 5.69 Å². The SMILES string of the molecule is CCN(CC)S(=O)(=O)c1cc(NC(=O)c2sc(C(C)(C)C)nc2C)ccc1Cl. The summed E-state index contributed by atoms with van der Waals surface area (Å²) in [5, 5.41) is 3.76. The van der Waals surface area contributed by atoms with Crippen LogP contribution in [0, 0.1) is 6.92 Å². The van der Waals surface area contributed by atoms with Crippen LogP contribution < -0.4 is 5.32 Å². The lowest BCUT2D eigenvalue weighted by Crippen LogP contribution is -2.30. The highest BCUT2D eigenvalue weighted by Gasteiger charge is 2.26. The predicted molar refractivity (Wildman–Crippen MR) is 115 cm³/mol. The van der Waals surface area contributed by atoms with Gasteiger partial charge in [0.25, 0.3) is 5.91 Å². The first-order valence-electron chi connectivity index (χ1n) is 9.00. The number of carbonyl (C=O) groups is 1. The Morgan fingerprint density at radius 1 is 1.25 bits per heavy atom. The van der Waals surface area contributed by atoms with E-state index in [-0.39, 0.29) is 21.2 Å². The van der Waals surface area contributed by atoms with Crippen LogP contribution in [-0.2, 0) is 15.4 Å². The summed E-state index contributed by atoms with van der Waals surface area (Å²) in [5.74, 6) is -0.320. The molecule has 0 fully saturated rings. The van der Waals surface area contributed by atoms with Crippen LogP contribution in [0.1, 0.15) is 55.0 Å². The normalized spacial score (nSPS) is 12.4. The van der Waals surface area contributed by atoms with Gasteiger partial charge in [0.2, 0.25) is 10.0 Å². The highest BCUT2D eigenvalue weighted by atomic mass is 35.5. The minimum atomic E-state index is -3.74. The summed E-state index contributed by atoms with van der Waals surface area (Å²) in [4.78, 5) is 17.7. The lowest BCUT2D eigenvalue weighted by atomic mass is 9.98. The van der Waals surface area contributed by atoms with Crippen molar-refractivity contribution >= 4 is 44.6 Å². The maximum Gasteiger partial charge on any atom is 0.267 e. The lowest BCUT2D eigenvalue weighted by Gasteiger charge is -2.19. The van der Waals surface area contributed by atoms with Gasteiger partial charge in [-0.05, 0) is 25.1 Å². The summed E-state index contributed by atoms with van der Waals surface area (Å²) in [7, 11) is -3.74. The van der Waals surface area contributed by atoms with Crippen molar-refractivity contribution in [3.8, 4) is 0 Å². The van der Waals surface area contributed by atoms with E-state index in [4.69, 9.17) is 11.6 Å². The molecule has 1 aromatic heterocycles. The van der Waals surface area contributed by atoms with Gasteiger partial charge >= 0.3 is 0 Å². The zero-order valence-electron chi connectivity index (χ0n) is 17.0. The fraction of sp³-hybridized carbons (Fsp3) is 0.474. The number of sulfonamides is 1. The number of carbonyl (C=O) groups excluding carboxylic acids is 1. The molecule has 1 amide bonds. The van der Waals surface area contributed by atoms with Crippen LogP contribution in [0.25, 0.3) is 0 Å². The molecule has 28 heavy (non-hydrogen) atoms. The quantitative estimate of drug-likeness (QED) is 0.702. The zero-order chi connectivity index (χ0) is 21.3. The summed E-state index contributed by atoms with van der Waals surface area (Å²) in [6, 6.07) is 4.46. The van der Waals surface area contributed by atoms with Crippen molar-refractivity contribution in [3.63, 3.8) is 0 Å². The largest absolute Gasteiger partial charge is 0.321 e. The Hall–Kier alpha value is -1.48. The van der Waals surface area contributed by atoms with Crippen LogP contribution in [0.2, 0.25) is 5.02 Å². The molecule has 1 heterocycles. The van der Waals surface area contributed by atoms with E-state index in [0.29, 0.717) is 29.3 Å². The zero-order valence-corrected chi connectivity index (χ0v) is 19.3. The summed E-state index contributed by atoms with van der Waals surface area (Å²) in [6.45, 7) is 12.1. The third-order valence-corrected chi connectivity index (χ3v) is 8.27. The van der Waals surface area contributed by atoms with Gasteiger partial charge in [0.1, 0.15) is 9.77 Å². The highest BCUT2D eigenvalue weighted by molar-refractivity contribution is 7.89. The fourth-order valence-electron chi connectivity index (χ4n) is 2.60. The monoisotopic (exact) mass is 443 g/mol. The van der Waals surface area contributed by atoms with Crippen LogP contribution in [-0.4, -0.2) is 36.7 Å². The van der Waals surface area contributed by atoms with Gasteiger partial charge in [0, 0.05) is 24.2 Å². The number of anilines is 1. The van der Waals surface area contributed by atoms with Gasteiger partial charge in [0.15, 0.2) is 0 Å². The first-order chi connectivity index (χ1) is 12.9. The molecule has 0 saturated heterocycles. The number of thiazole rings is 1. The molecule has 154 valence electrons. The van der Waals surface area contributed by atoms with Crippen molar-refractivity contribution in [2.45, 2.75) is 51.9 Å². The number of hydrogen-bond donors (Lipinski definition) is 1. The van der Waals surface area contributed by atoms with Gasteiger partial charge in [-0.15, -0.1) is 11.3 Å². The van der Waals surface area contributed by atoms with Crippen molar-refractivity contribution in [3.05, 3.63) is 38.8 Å². The molecule has 6 nitrogen and oxygen atoms in total. The van der Waals surface area contributed by atoms with E-state index in [2.05, 4.69) is 10.3 Å². The molecular weight excluding hydrogens is 418 g/mol. The van der Waals surface area contributed by atoms with Gasteiger partial charge in [-0.2, -0.15) is 4.31 Å². The van der Waals surface area contributed by atoms with Crippen molar-refractivity contribution in [2.75, 3.05) is 18.4 Å². The first-order valence-corrected chi connectivity index (χ1v) is 11.6. The average Bonchev–Trinajstić information content (AvgIpc) is 2.99. The number of nitrogens with one attached hydrogen (secondary N) is 1. The number of aryl methyl sites for hydroxylation is 1. The number of amides is 1. The van der Waals surface area contributed by atoms with E-state index in [1.165, 1.54) is 27.8 Å². The lowest BCUT2D eigenvalue weighted by molar-refractivity contribution is 0.102. The van der Waals surface area contributed by atoms with Crippen LogP contribution in [0.15, 0.2) is 23.1 Å². The third-order valence-electron chi connectivity index (χ3n) is 4.16. The minimum Gasteiger partial charge on any atom is -0.321 e.